The average Bonchev–Trinajstić information content (AvgIpc) is 2.48. The largest absolute Gasteiger partial charge is 0.352 e. The molecule has 4 nitrogen and oxygen atoms in total. The van der Waals surface area contributed by atoms with E-state index in [1.165, 1.54) is 0 Å². The van der Waals surface area contributed by atoms with Gasteiger partial charge in [0.15, 0.2) is 0 Å². The molecule has 6 heteroatoms. The summed E-state index contributed by atoms with van der Waals surface area (Å²) in [4.78, 5) is 14.5. The van der Waals surface area contributed by atoms with Crippen LogP contribution in [0.4, 0.5) is 0 Å². The number of nitrogens with zero attached hydrogens (tertiary/aromatic N) is 1. The highest BCUT2D eigenvalue weighted by atomic mass is 35.5. The van der Waals surface area contributed by atoms with Gasteiger partial charge in [-0.05, 0) is 31.5 Å². The average molecular weight is 348 g/mol. The molecule has 1 aromatic carbocycles. The molecule has 2 rings (SSSR count). The fourth-order valence-corrected chi connectivity index (χ4v) is 2.76. The lowest BCUT2D eigenvalue weighted by Crippen LogP contribution is -2.47. The fourth-order valence-electron chi connectivity index (χ4n) is 2.76. The fraction of sp³-hybridized carbons (Fsp3) is 0.562. The number of carbonyl (C=O) groups excluding carboxylic acids is 1. The third-order valence-electron chi connectivity index (χ3n) is 3.95. The maximum absolute atomic E-state index is 12.1. The Balaban J connectivity index is 0.00000220. The van der Waals surface area contributed by atoms with Crippen LogP contribution in [-0.2, 0) is 4.79 Å². The van der Waals surface area contributed by atoms with Crippen LogP contribution < -0.4 is 11.1 Å². The van der Waals surface area contributed by atoms with Crippen LogP contribution >= 0.6 is 24.8 Å². The number of likely N-dealkylation sites (tertiary alicyclic amines) is 1. The lowest BCUT2D eigenvalue weighted by Gasteiger charge is -2.32. The van der Waals surface area contributed by atoms with E-state index in [9.17, 15) is 4.79 Å². The molecule has 3 N–H and O–H groups in total. The maximum Gasteiger partial charge on any atom is 0.222 e. The standard InChI is InChI=1S/C16H25N3O.2ClH/c1-2-19-10-6-9-14(12-19)18-16(20)11-15(17)13-7-4-3-5-8-13;;/h3-5,7-8,14-15H,2,6,9-12,17H2,1H3,(H,18,20);2*1H. The van der Waals surface area contributed by atoms with E-state index in [1.807, 2.05) is 30.3 Å². The summed E-state index contributed by atoms with van der Waals surface area (Å²) in [5.41, 5.74) is 7.10. The van der Waals surface area contributed by atoms with E-state index in [0.717, 1.165) is 38.0 Å². The van der Waals surface area contributed by atoms with E-state index in [1.54, 1.807) is 0 Å². The molecule has 1 saturated heterocycles. The molecule has 1 aliphatic heterocycles. The maximum atomic E-state index is 12.1. The molecule has 1 aromatic rings. The molecule has 1 heterocycles. The van der Waals surface area contributed by atoms with Gasteiger partial charge in [0.2, 0.25) is 5.91 Å². The smallest absolute Gasteiger partial charge is 0.222 e. The van der Waals surface area contributed by atoms with Crippen molar-refractivity contribution in [2.45, 2.75) is 38.3 Å². The summed E-state index contributed by atoms with van der Waals surface area (Å²) in [5, 5.41) is 3.12. The number of nitrogens with one attached hydrogen (secondary N) is 1. The Hall–Kier alpha value is -0.810. The molecule has 1 fully saturated rings. The van der Waals surface area contributed by atoms with Crippen LogP contribution in [0.1, 0.15) is 37.8 Å². The van der Waals surface area contributed by atoms with Crippen molar-refractivity contribution in [3.05, 3.63) is 35.9 Å². The van der Waals surface area contributed by atoms with E-state index in [4.69, 9.17) is 5.73 Å². The third-order valence-corrected chi connectivity index (χ3v) is 3.95. The predicted molar refractivity (Wildman–Crippen MR) is 95.8 cm³/mol. The Bertz CT molecular complexity index is 431. The van der Waals surface area contributed by atoms with Gasteiger partial charge in [0, 0.05) is 25.0 Å². The van der Waals surface area contributed by atoms with Crippen LogP contribution in [0.3, 0.4) is 0 Å². The number of piperidine rings is 1. The normalized spacial score (nSPS) is 19.5. The summed E-state index contributed by atoms with van der Waals surface area (Å²) in [7, 11) is 0. The highest BCUT2D eigenvalue weighted by Gasteiger charge is 2.21. The van der Waals surface area contributed by atoms with Crippen LogP contribution in [-0.4, -0.2) is 36.5 Å². The van der Waals surface area contributed by atoms with Crippen LogP contribution in [0, 0.1) is 0 Å². The van der Waals surface area contributed by atoms with Crippen molar-refractivity contribution in [3.8, 4) is 0 Å². The molecule has 0 spiro atoms. The summed E-state index contributed by atoms with van der Waals surface area (Å²) < 4.78 is 0. The van der Waals surface area contributed by atoms with Gasteiger partial charge in [0.25, 0.3) is 0 Å². The van der Waals surface area contributed by atoms with Crippen LogP contribution in [0.2, 0.25) is 0 Å². The number of benzene rings is 1. The molecule has 1 aliphatic rings. The molecule has 0 aromatic heterocycles. The number of hydrogen-bond acceptors (Lipinski definition) is 3. The third kappa shape index (κ3) is 6.53. The topological polar surface area (TPSA) is 58.4 Å². The zero-order valence-electron chi connectivity index (χ0n) is 13.0. The zero-order valence-corrected chi connectivity index (χ0v) is 14.7. The highest BCUT2D eigenvalue weighted by Crippen LogP contribution is 2.14. The summed E-state index contributed by atoms with van der Waals surface area (Å²) in [6.45, 7) is 5.32. The van der Waals surface area contributed by atoms with Crippen molar-refractivity contribution >= 4 is 30.7 Å². The van der Waals surface area contributed by atoms with Crippen molar-refractivity contribution in [3.63, 3.8) is 0 Å². The van der Waals surface area contributed by atoms with Gasteiger partial charge in [-0.15, -0.1) is 24.8 Å². The highest BCUT2D eigenvalue weighted by molar-refractivity contribution is 5.85. The lowest BCUT2D eigenvalue weighted by molar-refractivity contribution is -0.122. The molecule has 0 radical (unpaired) electrons. The second-order valence-electron chi connectivity index (χ2n) is 5.52. The van der Waals surface area contributed by atoms with E-state index >= 15 is 0 Å². The number of amides is 1. The summed E-state index contributed by atoms with van der Waals surface area (Å²) in [6, 6.07) is 9.86. The second kappa shape index (κ2) is 10.8. The van der Waals surface area contributed by atoms with Crippen molar-refractivity contribution in [2.75, 3.05) is 19.6 Å². The van der Waals surface area contributed by atoms with Crippen LogP contribution in [0.5, 0.6) is 0 Å². The minimum Gasteiger partial charge on any atom is -0.352 e. The van der Waals surface area contributed by atoms with Crippen molar-refractivity contribution in [1.82, 2.24) is 10.2 Å². The first-order chi connectivity index (χ1) is 9.69. The van der Waals surface area contributed by atoms with Crippen molar-refractivity contribution < 1.29 is 4.79 Å². The van der Waals surface area contributed by atoms with E-state index in [2.05, 4.69) is 17.1 Å². The summed E-state index contributed by atoms with van der Waals surface area (Å²) in [5.74, 6) is 0.0595. The molecule has 2 atom stereocenters. The van der Waals surface area contributed by atoms with Gasteiger partial charge in [-0.1, -0.05) is 37.3 Å². The number of likely N-dealkylation sites (N-methyl/N-ethyl adjacent to an activating group) is 1. The molecule has 1 amide bonds. The van der Waals surface area contributed by atoms with Gasteiger partial charge in [-0.3, -0.25) is 4.79 Å². The molecular weight excluding hydrogens is 321 g/mol. The van der Waals surface area contributed by atoms with Crippen LogP contribution in [0.25, 0.3) is 0 Å². The molecule has 0 bridgehead atoms. The van der Waals surface area contributed by atoms with Gasteiger partial charge < -0.3 is 16.0 Å². The molecule has 0 aliphatic carbocycles. The first kappa shape index (κ1) is 21.2. The van der Waals surface area contributed by atoms with E-state index in [-0.39, 0.29) is 42.8 Å². The molecule has 22 heavy (non-hydrogen) atoms. The molecular formula is C16H27Cl2N3O. The minimum absolute atomic E-state index is 0. The minimum atomic E-state index is -0.220. The first-order valence-corrected chi connectivity index (χ1v) is 7.51. The first-order valence-electron chi connectivity index (χ1n) is 7.51. The number of nitrogens with two attached hydrogens (primary N) is 1. The second-order valence-corrected chi connectivity index (χ2v) is 5.52. The Kier molecular flexibility index (Phi) is 10.4. The zero-order chi connectivity index (χ0) is 14.4. The Morgan fingerprint density at radius 1 is 1.36 bits per heavy atom. The van der Waals surface area contributed by atoms with E-state index in [0.29, 0.717) is 6.42 Å². The van der Waals surface area contributed by atoms with Gasteiger partial charge in [-0.2, -0.15) is 0 Å². The van der Waals surface area contributed by atoms with Crippen molar-refractivity contribution in [2.24, 2.45) is 5.73 Å². The quantitative estimate of drug-likeness (QED) is 0.860. The van der Waals surface area contributed by atoms with Crippen LogP contribution in [0.15, 0.2) is 30.3 Å². The van der Waals surface area contributed by atoms with E-state index < -0.39 is 0 Å². The number of hydrogen-bond donors (Lipinski definition) is 2. The van der Waals surface area contributed by atoms with Crippen molar-refractivity contribution in [1.29, 1.82) is 0 Å². The number of rotatable bonds is 5. The van der Waals surface area contributed by atoms with Gasteiger partial charge >= 0.3 is 0 Å². The lowest BCUT2D eigenvalue weighted by atomic mass is 10.0. The van der Waals surface area contributed by atoms with Gasteiger partial charge in [0.05, 0.1) is 0 Å². The SMILES string of the molecule is CCN1CCCC(NC(=O)CC(N)c2ccccc2)C1.Cl.Cl. The molecule has 126 valence electrons. The summed E-state index contributed by atoms with van der Waals surface area (Å²) >= 11 is 0. The molecule has 2 unspecified atom stereocenters. The Labute approximate surface area is 145 Å². The monoisotopic (exact) mass is 347 g/mol. The Morgan fingerprint density at radius 3 is 2.68 bits per heavy atom. The van der Waals surface area contributed by atoms with Gasteiger partial charge in [0.1, 0.15) is 0 Å². The predicted octanol–water partition coefficient (Wildman–Crippen LogP) is 2.52. The number of halogens is 2. The molecule has 0 saturated carbocycles. The Morgan fingerprint density at radius 2 is 2.05 bits per heavy atom. The summed E-state index contributed by atoms with van der Waals surface area (Å²) in [6.07, 6.45) is 2.58. The van der Waals surface area contributed by atoms with Gasteiger partial charge in [-0.25, -0.2) is 0 Å². The number of carbonyl (C=O) groups is 1.